The zero-order valence-corrected chi connectivity index (χ0v) is 10.2. The van der Waals surface area contributed by atoms with Crippen LogP contribution in [0.25, 0.3) is 0 Å². The van der Waals surface area contributed by atoms with Crippen molar-refractivity contribution in [3.8, 4) is 0 Å². The molecule has 16 heavy (non-hydrogen) atoms. The van der Waals surface area contributed by atoms with Gasteiger partial charge in [-0.15, -0.1) is 0 Å². The topological polar surface area (TPSA) is 32.3 Å². The van der Waals surface area contributed by atoms with Gasteiger partial charge in [-0.1, -0.05) is 19.4 Å². The predicted octanol–water partition coefficient (Wildman–Crippen LogP) is 1.90. The number of amides is 1. The number of piperidine rings is 1. The molecule has 3 nitrogen and oxygen atoms in total. The molecular formula is C13H22N2O. The third kappa shape index (κ3) is 2.08. The smallest absolute Gasteiger partial charge is 0.209 e. The van der Waals surface area contributed by atoms with E-state index >= 15 is 0 Å². The van der Waals surface area contributed by atoms with Gasteiger partial charge in [-0.25, -0.2) is 0 Å². The van der Waals surface area contributed by atoms with Crippen LogP contribution in [0.2, 0.25) is 0 Å². The minimum atomic E-state index is 0.370. The van der Waals surface area contributed by atoms with Gasteiger partial charge in [0.15, 0.2) is 0 Å². The number of carbonyl (C=O) groups is 1. The summed E-state index contributed by atoms with van der Waals surface area (Å²) in [7, 11) is 0. The first-order valence-corrected chi connectivity index (χ1v) is 6.44. The van der Waals surface area contributed by atoms with Crippen molar-refractivity contribution in [2.24, 2.45) is 5.41 Å². The lowest BCUT2D eigenvalue weighted by atomic mass is 9.75. The van der Waals surface area contributed by atoms with E-state index in [0.717, 1.165) is 38.9 Å². The summed E-state index contributed by atoms with van der Waals surface area (Å²) in [5.74, 6) is 0. The second-order valence-corrected chi connectivity index (χ2v) is 5.00. The van der Waals surface area contributed by atoms with Crippen molar-refractivity contribution in [1.82, 2.24) is 10.2 Å². The first kappa shape index (κ1) is 11.5. The van der Waals surface area contributed by atoms with E-state index in [1.54, 1.807) is 0 Å². The molecule has 0 aromatic heterocycles. The standard InChI is InChI=1S/C13H22N2O/c1-2-3-4-12-13(5-8-14-12)6-9-15(11-16)10-7-13/h4,11,14H,2-3,5-10H2,1H3. The number of hydrogen-bond donors (Lipinski definition) is 1. The number of unbranched alkanes of at least 4 members (excludes halogenated alkanes) is 1. The summed E-state index contributed by atoms with van der Waals surface area (Å²) in [6, 6.07) is 0. The minimum absolute atomic E-state index is 0.370. The van der Waals surface area contributed by atoms with Crippen molar-refractivity contribution in [3.63, 3.8) is 0 Å². The van der Waals surface area contributed by atoms with E-state index in [2.05, 4.69) is 18.3 Å². The molecule has 0 aliphatic carbocycles. The van der Waals surface area contributed by atoms with E-state index in [1.165, 1.54) is 25.0 Å². The molecular weight excluding hydrogens is 200 g/mol. The largest absolute Gasteiger partial charge is 0.388 e. The van der Waals surface area contributed by atoms with Crippen LogP contribution in [0.3, 0.4) is 0 Å². The molecule has 0 unspecified atom stereocenters. The van der Waals surface area contributed by atoms with E-state index in [9.17, 15) is 4.79 Å². The number of allylic oxidation sites excluding steroid dienone is 2. The highest BCUT2D eigenvalue weighted by Crippen LogP contribution is 2.43. The monoisotopic (exact) mass is 222 g/mol. The van der Waals surface area contributed by atoms with Crippen molar-refractivity contribution >= 4 is 6.41 Å². The molecule has 0 saturated carbocycles. The average molecular weight is 222 g/mol. The Bertz CT molecular complexity index is 278. The third-order valence-corrected chi connectivity index (χ3v) is 4.03. The van der Waals surface area contributed by atoms with Crippen molar-refractivity contribution in [3.05, 3.63) is 11.8 Å². The summed E-state index contributed by atoms with van der Waals surface area (Å²) >= 11 is 0. The van der Waals surface area contributed by atoms with Crippen LogP contribution >= 0.6 is 0 Å². The summed E-state index contributed by atoms with van der Waals surface area (Å²) in [5, 5.41) is 3.54. The Morgan fingerprint density at radius 3 is 2.75 bits per heavy atom. The van der Waals surface area contributed by atoms with E-state index in [4.69, 9.17) is 0 Å². The molecule has 2 aliphatic heterocycles. The molecule has 2 heterocycles. The maximum atomic E-state index is 10.7. The lowest BCUT2D eigenvalue weighted by Crippen LogP contribution is -2.39. The second kappa shape index (κ2) is 4.89. The van der Waals surface area contributed by atoms with Crippen molar-refractivity contribution < 1.29 is 4.79 Å². The SMILES string of the molecule is CCCC=C1NCCC12CCN(C=O)CC2. The fourth-order valence-corrected chi connectivity index (χ4v) is 2.91. The van der Waals surface area contributed by atoms with Crippen LogP contribution in [0.5, 0.6) is 0 Å². The van der Waals surface area contributed by atoms with Crippen LogP contribution in [-0.2, 0) is 4.79 Å². The third-order valence-electron chi connectivity index (χ3n) is 4.03. The van der Waals surface area contributed by atoms with Crippen LogP contribution in [0, 0.1) is 5.41 Å². The molecule has 0 radical (unpaired) electrons. The Balaban J connectivity index is 2.04. The number of rotatable bonds is 3. The Kier molecular flexibility index (Phi) is 3.52. The van der Waals surface area contributed by atoms with Crippen molar-refractivity contribution in [2.45, 2.75) is 39.0 Å². The highest BCUT2D eigenvalue weighted by Gasteiger charge is 2.40. The molecule has 0 atom stereocenters. The van der Waals surface area contributed by atoms with Gasteiger partial charge in [0, 0.05) is 30.7 Å². The molecule has 0 bridgehead atoms. The summed E-state index contributed by atoms with van der Waals surface area (Å²) in [6.07, 6.45) is 9.26. The van der Waals surface area contributed by atoms with E-state index in [1.807, 2.05) is 4.90 Å². The maximum absolute atomic E-state index is 10.7. The van der Waals surface area contributed by atoms with Crippen LogP contribution in [0.4, 0.5) is 0 Å². The van der Waals surface area contributed by atoms with Crippen LogP contribution < -0.4 is 5.32 Å². The Morgan fingerprint density at radius 2 is 2.12 bits per heavy atom. The number of likely N-dealkylation sites (tertiary alicyclic amines) is 1. The van der Waals surface area contributed by atoms with Gasteiger partial charge in [-0.3, -0.25) is 4.79 Å². The Morgan fingerprint density at radius 1 is 1.38 bits per heavy atom. The zero-order chi connectivity index (χ0) is 11.4. The normalized spacial score (nSPS) is 26.1. The first-order valence-electron chi connectivity index (χ1n) is 6.44. The molecule has 3 heteroatoms. The van der Waals surface area contributed by atoms with Crippen LogP contribution in [0.15, 0.2) is 11.8 Å². The zero-order valence-electron chi connectivity index (χ0n) is 10.2. The van der Waals surface area contributed by atoms with Crippen molar-refractivity contribution in [1.29, 1.82) is 0 Å². The molecule has 0 aromatic carbocycles. The summed E-state index contributed by atoms with van der Waals surface area (Å²) in [4.78, 5) is 12.6. The molecule has 1 spiro atoms. The molecule has 0 aromatic rings. The van der Waals surface area contributed by atoms with Crippen LogP contribution in [-0.4, -0.2) is 30.9 Å². The summed E-state index contributed by atoms with van der Waals surface area (Å²) in [6.45, 7) is 5.17. The van der Waals surface area contributed by atoms with Gasteiger partial charge in [-0.05, 0) is 25.7 Å². The Labute approximate surface area is 97.9 Å². The van der Waals surface area contributed by atoms with Crippen LogP contribution in [0.1, 0.15) is 39.0 Å². The second-order valence-electron chi connectivity index (χ2n) is 5.00. The molecule has 2 rings (SSSR count). The molecule has 90 valence electrons. The highest BCUT2D eigenvalue weighted by atomic mass is 16.1. The fraction of sp³-hybridized carbons (Fsp3) is 0.769. The highest BCUT2D eigenvalue weighted by molar-refractivity contribution is 5.47. The van der Waals surface area contributed by atoms with Gasteiger partial charge in [0.05, 0.1) is 0 Å². The summed E-state index contributed by atoms with van der Waals surface area (Å²) < 4.78 is 0. The molecule has 2 saturated heterocycles. The van der Waals surface area contributed by atoms with E-state index in [0.29, 0.717) is 5.41 Å². The van der Waals surface area contributed by atoms with E-state index < -0.39 is 0 Å². The number of hydrogen-bond acceptors (Lipinski definition) is 2. The fourth-order valence-electron chi connectivity index (χ4n) is 2.91. The summed E-state index contributed by atoms with van der Waals surface area (Å²) in [5.41, 5.74) is 1.83. The molecule has 2 aliphatic rings. The van der Waals surface area contributed by atoms with Gasteiger partial charge in [0.2, 0.25) is 6.41 Å². The Hall–Kier alpha value is -0.990. The lowest BCUT2D eigenvalue weighted by molar-refractivity contribution is -0.119. The predicted molar refractivity (Wildman–Crippen MR) is 64.9 cm³/mol. The van der Waals surface area contributed by atoms with Crippen molar-refractivity contribution in [2.75, 3.05) is 19.6 Å². The minimum Gasteiger partial charge on any atom is -0.388 e. The maximum Gasteiger partial charge on any atom is 0.209 e. The number of nitrogens with one attached hydrogen (secondary N) is 1. The number of carbonyl (C=O) groups excluding carboxylic acids is 1. The van der Waals surface area contributed by atoms with Gasteiger partial charge < -0.3 is 10.2 Å². The van der Waals surface area contributed by atoms with Gasteiger partial charge >= 0.3 is 0 Å². The van der Waals surface area contributed by atoms with Gasteiger partial charge in [0.25, 0.3) is 0 Å². The van der Waals surface area contributed by atoms with Gasteiger partial charge in [0.1, 0.15) is 0 Å². The van der Waals surface area contributed by atoms with Gasteiger partial charge in [-0.2, -0.15) is 0 Å². The quantitative estimate of drug-likeness (QED) is 0.740. The lowest BCUT2D eigenvalue weighted by Gasteiger charge is -2.38. The molecule has 2 fully saturated rings. The first-order chi connectivity index (χ1) is 7.80. The average Bonchev–Trinajstić information content (AvgIpc) is 2.71. The number of nitrogens with zero attached hydrogens (tertiary/aromatic N) is 1. The molecule has 1 N–H and O–H groups in total. The van der Waals surface area contributed by atoms with E-state index in [-0.39, 0.29) is 0 Å². The molecule has 1 amide bonds.